The summed E-state index contributed by atoms with van der Waals surface area (Å²) in [5.74, 6) is 0.998. The van der Waals surface area contributed by atoms with Crippen LogP contribution in [0.1, 0.15) is 17.5 Å². The van der Waals surface area contributed by atoms with Crippen molar-refractivity contribution in [1.29, 1.82) is 0 Å². The molecule has 0 radical (unpaired) electrons. The lowest BCUT2D eigenvalue weighted by Crippen LogP contribution is -2.42. The van der Waals surface area contributed by atoms with Crippen molar-refractivity contribution in [3.8, 4) is 11.5 Å². The number of hydrazine groups is 1. The number of aryl methyl sites for hydroxylation is 2. The maximum absolute atomic E-state index is 11.9. The number of amides is 2. The molecule has 6 nitrogen and oxygen atoms in total. The van der Waals surface area contributed by atoms with Crippen molar-refractivity contribution < 1.29 is 19.1 Å². The van der Waals surface area contributed by atoms with E-state index in [0.717, 1.165) is 10.5 Å². The van der Waals surface area contributed by atoms with Gasteiger partial charge in [0.1, 0.15) is 0 Å². The number of hydrogen-bond donors (Lipinski definition) is 2. The van der Waals surface area contributed by atoms with Gasteiger partial charge in [0.2, 0.25) is 11.8 Å². The number of nitrogens with one attached hydrogen (secondary N) is 2. The van der Waals surface area contributed by atoms with Crippen molar-refractivity contribution in [2.75, 3.05) is 20.0 Å². The van der Waals surface area contributed by atoms with Crippen molar-refractivity contribution in [3.05, 3.63) is 53.6 Å². The number of ether oxygens (including phenoxy) is 2. The van der Waals surface area contributed by atoms with E-state index >= 15 is 0 Å². The summed E-state index contributed by atoms with van der Waals surface area (Å²) in [5, 5.41) is 0. The number of methoxy groups -OCH3 is 2. The summed E-state index contributed by atoms with van der Waals surface area (Å²) in [6, 6.07) is 13.4. The summed E-state index contributed by atoms with van der Waals surface area (Å²) < 4.78 is 10.4. The van der Waals surface area contributed by atoms with Crippen molar-refractivity contribution in [1.82, 2.24) is 10.9 Å². The maximum atomic E-state index is 11.9. The van der Waals surface area contributed by atoms with Gasteiger partial charge in [0.05, 0.1) is 20.0 Å². The molecule has 0 bridgehead atoms. The third kappa shape index (κ3) is 6.86. The minimum absolute atomic E-state index is 0.235. The van der Waals surface area contributed by atoms with Crippen molar-refractivity contribution in [2.45, 2.75) is 24.7 Å². The van der Waals surface area contributed by atoms with Gasteiger partial charge in [-0.05, 0) is 43.2 Å². The van der Waals surface area contributed by atoms with Gasteiger partial charge < -0.3 is 9.47 Å². The van der Waals surface area contributed by atoms with Gasteiger partial charge in [-0.25, -0.2) is 0 Å². The van der Waals surface area contributed by atoms with E-state index in [-0.39, 0.29) is 24.0 Å². The average Bonchev–Trinajstić information content (AvgIpc) is 2.69. The van der Waals surface area contributed by atoms with Gasteiger partial charge in [0.25, 0.3) is 0 Å². The third-order valence-electron chi connectivity index (χ3n) is 3.82. The fourth-order valence-corrected chi connectivity index (χ4v) is 3.01. The standard InChI is InChI=1S/C20H24N2O4S/c1-14-4-8-16(9-5-14)27-13-20(24)22-21-19(23)11-7-15-6-10-17(25-2)18(12-15)26-3/h4-6,8-10,12H,7,11,13H2,1-3H3,(H,21,23)(H,22,24). The zero-order valence-corrected chi connectivity index (χ0v) is 16.5. The predicted octanol–water partition coefficient (Wildman–Crippen LogP) is 2.88. The lowest BCUT2D eigenvalue weighted by atomic mass is 10.1. The van der Waals surface area contributed by atoms with Gasteiger partial charge in [-0.1, -0.05) is 23.8 Å². The number of hydrogen-bond acceptors (Lipinski definition) is 5. The van der Waals surface area contributed by atoms with Gasteiger partial charge in [0, 0.05) is 11.3 Å². The highest BCUT2D eigenvalue weighted by atomic mass is 32.2. The predicted molar refractivity (Wildman–Crippen MR) is 106 cm³/mol. The Kier molecular flexibility index (Phi) is 8.00. The number of benzene rings is 2. The van der Waals surface area contributed by atoms with Crippen LogP contribution in [0.3, 0.4) is 0 Å². The van der Waals surface area contributed by atoms with Crippen LogP contribution in [0, 0.1) is 6.92 Å². The molecule has 2 aromatic rings. The van der Waals surface area contributed by atoms with Crippen LogP contribution in [0.25, 0.3) is 0 Å². The molecule has 0 fully saturated rings. The molecule has 0 saturated heterocycles. The largest absolute Gasteiger partial charge is 0.493 e. The Morgan fingerprint density at radius 3 is 2.26 bits per heavy atom. The molecule has 144 valence electrons. The van der Waals surface area contributed by atoms with Crippen LogP contribution in [-0.4, -0.2) is 31.8 Å². The third-order valence-corrected chi connectivity index (χ3v) is 4.83. The fourth-order valence-electron chi connectivity index (χ4n) is 2.32. The summed E-state index contributed by atoms with van der Waals surface area (Å²) in [4.78, 5) is 24.8. The number of rotatable bonds is 8. The molecule has 0 unspecified atom stereocenters. The lowest BCUT2D eigenvalue weighted by molar-refractivity contribution is -0.127. The zero-order chi connectivity index (χ0) is 19.6. The van der Waals surface area contributed by atoms with E-state index in [1.165, 1.54) is 17.3 Å². The van der Waals surface area contributed by atoms with Gasteiger partial charge >= 0.3 is 0 Å². The first-order valence-electron chi connectivity index (χ1n) is 8.50. The van der Waals surface area contributed by atoms with E-state index in [1.807, 2.05) is 43.3 Å². The Morgan fingerprint density at radius 1 is 0.926 bits per heavy atom. The van der Waals surface area contributed by atoms with Crippen molar-refractivity contribution >= 4 is 23.6 Å². The zero-order valence-electron chi connectivity index (χ0n) is 15.7. The van der Waals surface area contributed by atoms with E-state index in [4.69, 9.17) is 9.47 Å². The van der Waals surface area contributed by atoms with Crippen LogP contribution >= 0.6 is 11.8 Å². The molecule has 7 heteroatoms. The Balaban J connectivity index is 1.71. The van der Waals surface area contributed by atoms with E-state index < -0.39 is 0 Å². The Morgan fingerprint density at radius 2 is 1.59 bits per heavy atom. The molecule has 0 saturated carbocycles. The van der Waals surface area contributed by atoms with Crippen LogP contribution < -0.4 is 20.3 Å². The second kappa shape index (κ2) is 10.5. The SMILES string of the molecule is COc1ccc(CCC(=O)NNC(=O)CSc2ccc(C)cc2)cc1OC. The first-order chi connectivity index (χ1) is 13.0. The number of carbonyl (C=O) groups is 2. The van der Waals surface area contributed by atoms with E-state index in [2.05, 4.69) is 10.9 Å². The Hall–Kier alpha value is -2.67. The molecule has 0 atom stereocenters. The second-order valence-corrected chi connectivity index (χ2v) is 6.94. The van der Waals surface area contributed by atoms with Gasteiger partial charge in [-0.15, -0.1) is 11.8 Å². The molecule has 2 N–H and O–H groups in total. The van der Waals surface area contributed by atoms with E-state index in [9.17, 15) is 9.59 Å². The van der Waals surface area contributed by atoms with Gasteiger partial charge in [0.15, 0.2) is 11.5 Å². The molecular weight excluding hydrogens is 364 g/mol. The topological polar surface area (TPSA) is 76.7 Å². The second-order valence-electron chi connectivity index (χ2n) is 5.89. The summed E-state index contributed by atoms with van der Waals surface area (Å²) in [5.41, 5.74) is 7.00. The molecule has 2 amide bonds. The molecule has 0 spiro atoms. The van der Waals surface area contributed by atoms with Crippen LogP contribution in [0.5, 0.6) is 11.5 Å². The normalized spacial score (nSPS) is 10.2. The van der Waals surface area contributed by atoms with Crippen molar-refractivity contribution in [2.24, 2.45) is 0 Å². The van der Waals surface area contributed by atoms with Crippen LogP contribution in [-0.2, 0) is 16.0 Å². The van der Waals surface area contributed by atoms with E-state index in [1.54, 1.807) is 20.3 Å². The van der Waals surface area contributed by atoms with Gasteiger partial charge in [-0.2, -0.15) is 0 Å². The highest BCUT2D eigenvalue weighted by Gasteiger charge is 2.08. The Bertz CT molecular complexity index is 778. The van der Waals surface area contributed by atoms with Crippen molar-refractivity contribution in [3.63, 3.8) is 0 Å². The maximum Gasteiger partial charge on any atom is 0.248 e. The minimum Gasteiger partial charge on any atom is -0.493 e. The molecule has 2 rings (SSSR count). The Labute approximate surface area is 163 Å². The lowest BCUT2D eigenvalue weighted by Gasteiger charge is -2.10. The smallest absolute Gasteiger partial charge is 0.248 e. The molecule has 0 aliphatic rings. The molecule has 0 heterocycles. The first kappa shape index (κ1) is 20.6. The monoisotopic (exact) mass is 388 g/mol. The molecule has 0 aliphatic heterocycles. The highest BCUT2D eigenvalue weighted by molar-refractivity contribution is 8.00. The minimum atomic E-state index is -0.251. The van der Waals surface area contributed by atoms with Gasteiger partial charge in [-0.3, -0.25) is 20.4 Å². The number of carbonyl (C=O) groups excluding carboxylic acids is 2. The summed E-state index contributed by atoms with van der Waals surface area (Å²) in [7, 11) is 3.14. The highest BCUT2D eigenvalue weighted by Crippen LogP contribution is 2.27. The molecule has 0 aliphatic carbocycles. The molecular formula is C20H24N2O4S. The van der Waals surface area contributed by atoms with Crippen LogP contribution in [0.2, 0.25) is 0 Å². The molecule has 2 aromatic carbocycles. The quantitative estimate of drug-likeness (QED) is 0.537. The number of thioether (sulfide) groups is 1. The molecule has 0 aromatic heterocycles. The average molecular weight is 388 g/mol. The fraction of sp³-hybridized carbons (Fsp3) is 0.300. The summed E-state index contributed by atoms with van der Waals surface area (Å²) >= 11 is 1.42. The van der Waals surface area contributed by atoms with Crippen LogP contribution in [0.4, 0.5) is 0 Å². The first-order valence-corrected chi connectivity index (χ1v) is 9.48. The van der Waals surface area contributed by atoms with Crippen LogP contribution in [0.15, 0.2) is 47.4 Å². The summed E-state index contributed by atoms with van der Waals surface area (Å²) in [6.07, 6.45) is 0.779. The molecule has 27 heavy (non-hydrogen) atoms. The van der Waals surface area contributed by atoms with E-state index in [0.29, 0.717) is 17.9 Å². The summed E-state index contributed by atoms with van der Waals surface area (Å²) in [6.45, 7) is 2.01.